The lowest BCUT2D eigenvalue weighted by Crippen LogP contribution is -2.18. The van der Waals surface area contributed by atoms with Crippen LogP contribution in [-0.4, -0.2) is 21.2 Å². The molecule has 1 aromatic heterocycles. The lowest BCUT2D eigenvalue weighted by atomic mass is 9.99. The number of nitrogens with zero attached hydrogens (tertiary/aromatic N) is 3. The maximum atomic E-state index is 12.5. The van der Waals surface area contributed by atoms with E-state index in [4.69, 9.17) is 4.84 Å². The molecule has 0 N–H and O–H groups in total. The Morgan fingerprint density at radius 2 is 1.83 bits per heavy atom. The Bertz CT molecular complexity index is 932. The van der Waals surface area contributed by atoms with Gasteiger partial charge in [0.2, 0.25) is 0 Å². The van der Waals surface area contributed by atoms with E-state index in [1.807, 2.05) is 29.0 Å². The predicted octanol–water partition coefficient (Wildman–Crippen LogP) is 5.62. The van der Waals surface area contributed by atoms with E-state index in [9.17, 15) is 4.79 Å². The molecule has 0 unspecified atom stereocenters. The minimum absolute atomic E-state index is 0. The van der Waals surface area contributed by atoms with Crippen LogP contribution in [-0.2, 0) is 16.2 Å². The molecule has 5 nitrogen and oxygen atoms in total. The Hall–Kier alpha value is -2.66. The molecule has 1 heterocycles. The summed E-state index contributed by atoms with van der Waals surface area (Å²) >= 11 is 0. The summed E-state index contributed by atoms with van der Waals surface area (Å²) in [5, 5.41) is 6.57. The topological polar surface area (TPSA) is 56.5 Å². The summed E-state index contributed by atoms with van der Waals surface area (Å²) in [5.74, 6) is -0.336. The molecule has 2 aromatic carbocycles. The molecule has 154 valence electrons. The second kappa shape index (κ2) is 11.4. The van der Waals surface area contributed by atoms with E-state index in [0.717, 1.165) is 42.0 Å². The van der Waals surface area contributed by atoms with Crippen LogP contribution in [0.25, 0.3) is 10.8 Å². The van der Waals surface area contributed by atoms with Crippen molar-refractivity contribution in [3.8, 4) is 0 Å². The van der Waals surface area contributed by atoms with Gasteiger partial charge in [-0.1, -0.05) is 68.2 Å². The molecule has 0 saturated heterocycles. The van der Waals surface area contributed by atoms with Crippen LogP contribution in [0.2, 0.25) is 0 Å². The van der Waals surface area contributed by atoms with Gasteiger partial charge < -0.3 is 9.40 Å². The van der Waals surface area contributed by atoms with Gasteiger partial charge >= 0.3 is 5.97 Å². The molecule has 0 aliphatic carbocycles. The highest BCUT2D eigenvalue weighted by Gasteiger charge is 2.19. The summed E-state index contributed by atoms with van der Waals surface area (Å²) in [6, 6.07) is 14.3. The quantitative estimate of drug-likeness (QED) is 0.260. The molecular formula is C23H28ClN3O2. The molecule has 3 aromatic rings. The first-order valence-corrected chi connectivity index (χ1v) is 9.94. The fourth-order valence-corrected chi connectivity index (χ4v) is 3.35. The summed E-state index contributed by atoms with van der Waals surface area (Å²) < 4.78 is 1.91. The Labute approximate surface area is 178 Å². The van der Waals surface area contributed by atoms with E-state index < -0.39 is 0 Å². The molecule has 0 saturated carbocycles. The molecule has 6 heteroatoms. The van der Waals surface area contributed by atoms with Crippen molar-refractivity contribution in [2.45, 2.75) is 46.1 Å². The van der Waals surface area contributed by atoms with Gasteiger partial charge in [0.15, 0.2) is 0 Å². The second-order valence-electron chi connectivity index (χ2n) is 7.02. The third-order valence-electron chi connectivity index (χ3n) is 4.83. The average Bonchev–Trinajstić information content (AvgIpc) is 3.23. The number of fused-ring (bicyclic) bond motifs is 1. The van der Waals surface area contributed by atoms with Gasteiger partial charge in [-0.25, -0.2) is 9.78 Å². The van der Waals surface area contributed by atoms with Gasteiger partial charge in [-0.2, -0.15) is 0 Å². The molecule has 0 amide bonds. The molecule has 29 heavy (non-hydrogen) atoms. The van der Waals surface area contributed by atoms with E-state index in [2.05, 4.69) is 48.3 Å². The van der Waals surface area contributed by atoms with Gasteiger partial charge in [0.1, 0.15) is 5.71 Å². The SMILES string of the molecule is CCCC(CCC)C(=O)O/N=C(/Cn1ccnc1)c1ccc2ccccc2c1.Cl. The largest absolute Gasteiger partial charge is 0.338 e. The lowest BCUT2D eigenvalue weighted by molar-refractivity contribution is -0.149. The Kier molecular flexibility index (Phi) is 8.87. The number of aromatic nitrogens is 2. The number of rotatable bonds is 9. The number of carbonyl (C=O) groups is 1. The fraction of sp³-hybridized carbons (Fsp3) is 0.348. The summed E-state index contributed by atoms with van der Waals surface area (Å²) in [6.45, 7) is 4.65. The van der Waals surface area contributed by atoms with E-state index in [1.165, 1.54) is 0 Å². The van der Waals surface area contributed by atoms with E-state index >= 15 is 0 Å². The van der Waals surface area contributed by atoms with Crippen LogP contribution in [0.5, 0.6) is 0 Å². The van der Waals surface area contributed by atoms with Gasteiger partial charge in [-0.05, 0) is 29.7 Å². The zero-order valence-electron chi connectivity index (χ0n) is 17.0. The van der Waals surface area contributed by atoms with E-state index in [0.29, 0.717) is 12.3 Å². The summed E-state index contributed by atoms with van der Waals surface area (Å²) in [6.07, 6.45) is 8.89. The first-order valence-electron chi connectivity index (χ1n) is 9.94. The minimum atomic E-state index is -0.243. The van der Waals surface area contributed by atoms with Crippen molar-refractivity contribution in [2.24, 2.45) is 11.1 Å². The zero-order valence-corrected chi connectivity index (χ0v) is 17.8. The van der Waals surface area contributed by atoms with Gasteiger partial charge in [-0.15, -0.1) is 12.4 Å². The number of hydrogen-bond donors (Lipinski definition) is 0. The van der Waals surface area contributed by atoms with Crippen LogP contribution in [0.1, 0.15) is 45.1 Å². The summed E-state index contributed by atoms with van der Waals surface area (Å²) in [4.78, 5) is 22.0. The number of imidazole rings is 1. The molecular weight excluding hydrogens is 386 g/mol. The molecule has 0 fully saturated rings. The monoisotopic (exact) mass is 413 g/mol. The van der Waals surface area contributed by atoms with Crippen molar-refractivity contribution in [1.82, 2.24) is 9.55 Å². The smallest absolute Gasteiger partial charge is 0.331 e. The number of carbonyl (C=O) groups excluding carboxylic acids is 1. The maximum Gasteiger partial charge on any atom is 0.338 e. The van der Waals surface area contributed by atoms with Crippen LogP contribution >= 0.6 is 12.4 Å². The molecule has 0 aliphatic rings. The molecule has 0 radical (unpaired) electrons. The third-order valence-corrected chi connectivity index (χ3v) is 4.83. The van der Waals surface area contributed by atoms with Crippen molar-refractivity contribution >= 4 is 34.9 Å². The van der Waals surface area contributed by atoms with Crippen LogP contribution < -0.4 is 0 Å². The van der Waals surface area contributed by atoms with Crippen molar-refractivity contribution < 1.29 is 9.63 Å². The highest BCUT2D eigenvalue weighted by molar-refractivity contribution is 6.03. The molecule has 3 rings (SSSR count). The van der Waals surface area contributed by atoms with Gasteiger partial charge in [0.05, 0.1) is 18.8 Å². The first-order chi connectivity index (χ1) is 13.7. The lowest BCUT2D eigenvalue weighted by Gasteiger charge is -2.13. The van der Waals surface area contributed by atoms with Gasteiger partial charge in [0.25, 0.3) is 0 Å². The van der Waals surface area contributed by atoms with Crippen molar-refractivity contribution in [2.75, 3.05) is 0 Å². The molecule has 0 spiro atoms. The number of benzene rings is 2. The van der Waals surface area contributed by atoms with Crippen LogP contribution in [0, 0.1) is 5.92 Å². The van der Waals surface area contributed by atoms with Crippen molar-refractivity contribution in [3.05, 3.63) is 66.7 Å². The Morgan fingerprint density at radius 3 is 2.48 bits per heavy atom. The normalized spacial score (nSPS) is 11.5. The molecule has 0 bridgehead atoms. The van der Waals surface area contributed by atoms with Crippen LogP contribution in [0.4, 0.5) is 0 Å². The van der Waals surface area contributed by atoms with Gasteiger partial charge in [0, 0.05) is 18.0 Å². The second-order valence-corrected chi connectivity index (χ2v) is 7.02. The van der Waals surface area contributed by atoms with E-state index in [-0.39, 0.29) is 24.3 Å². The van der Waals surface area contributed by atoms with Crippen LogP contribution in [0.15, 0.2) is 66.3 Å². The molecule has 0 atom stereocenters. The number of halogens is 1. The van der Waals surface area contributed by atoms with Crippen molar-refractivity contribution in [1.29, 1.82) is 0 Å². The summed E-state index contributed by atoms with van der Waals surface area (Å²) in [7, 11) is 0. The highest BCUT2D eigenvalue weighted by atomic mass is 35.5. The van der Waals surface area contributed by atoms with Gasteiger partial charge in [-0.3, -0.25) is 0 Å². The fourth-order valence-electron chi connectivity index (χ4n) is 3.35. The summed E-state index contributed by atoms with van der Waals surface area (Å²) in [5.41, 5.74) is 1.63. The zero-order chi connectivity index (χ0) is 19.8. The van der Waals surface area contributed by atoms with Crippen LogP contribution in [0.3, 0.4) is 0 Å². The number of hydrogen-bond acceptors (Lipinski definition) is 4. The first kappa shape index (κ1) is 22.6. The Balaban J connectivity index is 0.00000300. The van der Waals surface area contributed by atoms with E-state index in [1.54, 1.807) is 12.5 Å². The maximum absolute atomic E-state index is 12.5. The Morgan fingerprint density at radius 1 is 1.10 bits per heavy atom. The molecule has 0 aliphatic heterocycles. The third kappa shape index (κ3) is 6.16. The van der Waals surface area contributed by atoms with Crippen molar-refractivity contribution in [3.63, 3.8) is 0 Å². The highest BCUT2D eigenvalue weighted by Crippen LogP contribution is 2.18. The predicted molar refractivity (Wildman–Crippen MR) is 119 cm³/mol. The number of oxime groups is 1. The average molecular weight is 414 g/mol. The standard InChI is InChI=1S/C23H27N3O2.ClH/c1-3-7-19(8-4-2)23(27)28-25-22(16-26-14-13-24-17-26)21-12-11-18-9-5-6-10-20(18)15-21;/h5-6,9-15,17,19H,3-4,7-8,16H2,1-2H3;1H/b25-22-;. The minimum Gasteiger partial charge on any atom is -0.331 e.